The van der Waals surface area contributed by atoms with Crippen molar-refractivity contribution in [1.29, 1.82) is 0 Å². The van der Waals surface area contributed by atoms with Crippen molar-refractivity contribution in [1.82, 2.24) is 5.32 Å². The van der Waals surface area contributed by atoms with E-state index in [9.17, 15) is 9.90 Å². The normalized spacial score (nSPS) is 12.0. The van der Waals surface area contributed by atoms with Crippen LogP contribution in [0.5, 0.6) is 5.75 Å². The summed E-state index contributed by atoms with van der Waals surface area (Å²) in [5.41, 5.74) is 0.385. The Morgan fingerprint density at radius 2 is 2.29 bits per heavy atom. The predicted octanol–water partition coefficient (Wildman–Crippen LogP) is 3.26. The second-order valence-corrected chi connectivity index (χ2v) is 5.84. The van der Waals surface area contributed by atoms with E-state index < -0.39 is 6.10 Å². The maximum absolute atomic E-state index is 12.1. The molecule has 1 heterocycles. The highest BCUT2D eigenvalue weighted by Gasteiger charge is 2.14. The van der Waals surface area contributed by atoms with Crippen molar-refractivity contribution in [3.63, 3.8) is 0 Å². The second-order valence-electron chi connectivity index (χ2n) is 4.42. The van der Waals surface area contributed by atoms with Crippen LogP contribution in [0.25, 0.3) is 0 Å². The van der Waals surface area contributed by atoms with Gasteiger partial charge in [0.2, 0.25) is 0 Å². The Morgan fingerprint density at radius 1 is 1.48 bits per heavy atom. The molecule has 1 amide bonds. The highest BCUT2D eigenvalue weighted by atomic mass is 35.5. The zero-order chi connectivity index (χ0) is 15.2. The van der Waals surface area contributed by atoms with Crippen LogP contribution >= 0.6 is 22.9 Å². The first-order valence-electron chi connectivity index (χ1n) is 6.45. The molecule has 0 aliphatic rings. The van der Waals surface area contributed by atoms with Crippen LogP contribution in [0.1, 0.15) is 27.8 Å². The van der Waals surface area contributed by atoms with E-state index >= 15 is 0 Å². The van der Waals surface area contributed by atoms with Crippen molar-refractivity contribution < 1.29 is 14.6 Å². The van der Waals surface area contributed by atoms with Gasteiger partial charge < -0.3 is 15.2 Å². The van der Waals surface area contributed by atoms with Gasteiger partial charge in [-0.05, 0) is 36.1 Å². The van der Waals surface area contributed by atoms with E-state index in [0.29, 0.717) is 29.3 Å². The fourth-order valence-corrected chi connectivity index (χ4v) is 2.82. The van der Waals surface area contributed by atoms with Crippen LogP contribution in [0.15, 0.2) is 35.7 Å². The first-order chi connectivity index (χ1) is 10.1. The first-order valence-corrected chi connectivity index (χ1v) is 7.70. The Labute approximate surface area is 132 Å². The van der Waals surface area contributed by atoms with Gasteiger partial charge in [-0.1, -0.05) is 17.7 Å². The van der Waals surface area contributed by atoms with Crippen molar-refractivity contribution in [2.45, 2.75) is 12.5 Å². The molecule has 2 aromatic rings. The quantitative estimate of drug-likeness (QED) is 0.857. The third-order valence-corrected chi connectivity index (χ3v) is 4.19. The SMILES string of the molecule is COc1ccc(Cl)cc1C(=O)NCCC(O)c1cccs1. The molecule has 2 N–H and O–H groups in total. The minimum absolute atomic E-state index is 0.271. The third kappa shape index (κ3) is 4.20. The van der Waals surface area contributed by atoms with Gasteiger partial charge in [-0.3, -0.25) is 4.79 Å². The monoisotopic (exact) mass is 325 g/mol. The fraction of sp³-hybridized carbons (Fsp3) is 0.267. The molecule has 112 valence electrons. The zero-order valence-electron chi connectivity index (χ0n) is 11.5. The molecule has 0 aliphatic heterocycles. The lowest BCUT2D eigenvalue weighted by Crippen LogP contribution is -2.26. The average Bonchev–Trinajstić information content (AvgIpc) is 3.01. The van der Waals surface area contributed by atoms with Gasteiger partial charge in [0.05, 0.1) is 18.8 Å². The van der Waals surface area contributed by atoms with Gasteiger partial charge in [0.1, 0.15) is 5.75 Å². The second kappa shape index (κ2) is 7.45. The van der Waals surface area contributed by atoms with E-state index in [2.05, 4.69) is 5.32 Å². The minimum Gasteiger partial charge on any atom is -0.496 e. The molecule has 1 atom stereocenters. The summed E-state index contributed by atoms with van der Waals surface area (Å²) in [7, 11) is 1.50. The number of thiophene rings is 1. The third-order valence-electron chi connectivity index (χ3n) is 2.98. The van der Waals surface area contributed by atoms with Crippen LogP contribution in [0.4, 0.5) is 0 Å². The van der Waals surface area contributed by atoms with Gasteiger partial charge in [-0.2, -0.15) is 0 Å². The van der Waals surface area contributed by atoms with E-state index in [-0.39, 0.29) is 5.91 Å². The molecule has 0 bridgehead atoms. The topological polar surface area (TPSA) is 58.6 Å². The molecular formula is C15H16ClNO3S. The van der Waals surface area contributed by atoms with Crippen LogP contribution < -0.4 is 10.1 Å². The number of benzene rings is 1. The number of methoxy groups -OCH3 is 1. The minimum atomic E-state index is -0.563. The summed E-state index contributed by atoms with van der Waals surface area (Å²) in [5.74, 6) is 0.198. The lowest BCUT2D eigenvalue weighted by atomic mass is 10.1. The summed E-state index contributed by atoms with van der Waals surface area (Å²) < 4.78 is 5.14. The lowest BCUT2D eigenvalue weighted by Gasteiger charge is -2.11. The van der Waals surface area contributed by atoms with Gasteiger partial charge >= 0.3 is 0 Å². The molecule has 0 aliphatic carbocycles. The number of amides is 1. The highest BCUT2D eigenvalue weighted by Crippen LogP contribution is 2.23. The summed E-state index contributed by atoms with van der Waals surface area (Å²) in [4.78, 5) is 13.0. The van der Waals surface area contributed by atoms with Crippen molar-refractivity contribution in [3.8, 4) is 5.75 Å². The van der Waals surface area contributed by atoms with Gasteiger partial charge in [0.15, 0.2) is 0 Å². The molecule has 0 radical (unpaired) electrons. The van der Waals surface area contributed by atoms with E-state index in [1.165, 1.54) is 18.4 Å². The number of halogens is 1. The highest BCUT2D eigenvalue weighted by molar-refractivity contribution is 7.10. The predicted molar refractivity (Wildman–Crippen MR) is 84.2 cm³/mol. The Morgan fingerprint density at radius 3 is 2.95 bits per heavy atom. The molecule has 4 nitrogen and oxygen atoms in total. The van der Waals surface area contributed by atoms with E-state index in [1.807, 2.05) is 17.5 Å². The smallest absolute Gasteiger partial charge is 0.255 e. The number of nitrogens with one attached hydrogen (secondary N) is 1. The average molecular weight is 326 g/mol. The number of aliphatic hydroxyl groups excluding tert-OH is 1. The molecule has 0 saturated heterocycles. The Kier molecular flexibility index (Phi) is 5.61. The van der Waals surface area contributed by atoms with Crippen molar-refractivity contribution in [3.05, 3.63) is 51.2 Å². The van der Waals surface area contributed by atoms with E-state index in [4.69, 9.17) is 16.3 Å². The number of ether oxygens (including phenoxy) is 1. The lowest BCUT2D eigenvalue weighted by molar-refractivity contribution is 0.0940. The van der Waals surface area contributed by atoms with Gasteiger partial charge in [0, 0.05) is 16.4 Å². The van der Waals surface area contributed by atoms with Crippen LogP contribution in [0.3, 0.4) is 0 Å². The zero-order valence-corrected chi connectivity index (χ0v) is 13.1. The van der Waals surface area contributed by atoms with E-state index in [0.717, 1.165) is 4.88 Å². The van der Waals surface area contributed by atoms with Crippen LogP contribution in [-0.2, 0) is 0 Å². The fourth-order valence-electron chi connectivity index (χ4n) is 1.90. The summed E-state index contributed by atoms with van der Waals surface area (Å²) in [6.45, 7) is 0.369. The van der Waals surface area contributed by atoms with Gasteiger partial charge in [-0.25, -0.2) is 0 Å². The molecule has 0 saturated carbocycles. The van der Waals surface area contributed by atoms with Crippen molar-refractivity contribution in [2.75, 3.05) is 13.7 Å². The maximum Gasteiger partial charge on any atom is 0.255 e. The Hall–Kier alpha value is -1.56. The molecule has 1 aromatic heterocycles. The van der Waals surface area contributed by atoms with Crippen LogP contribution in [-0.4, -0.2) is 24.7 Å². The molecule has 0 spiro atoms. The van der Waals surface area contributed by atoms with Crippen molar-refractivity contribution >= 4 is 28.8 Å². The summed E-state index contributed by atoms with van der Waals surface area (Å²) in [6, 6.07) is 8.64. The maximum atomic E-state index is 12.1. The summed E-state index contributed by atoms with van der Waals surface area (Å²) in [5, 5.41) is 15.1. The molecule has 1 aromatic carbocycles. The number of hydrogen-bond donors (Lipinski definition) is 2. The number of hydrogen-bond acceptors (Lipinski definition) is 4. The molecule has 6 heteroatoms. The van der Waals surface area contributed by atoms with Gasteiger partial charge in [-0.15, -0.1) is 11.3 Å². The molecule has 1 unspecified atom stereocenters. The first kappa shape index (κ1) is 15.8. The molecule has 21 heavy (non-hydrogen) atoms. The molecule has 2 rings (SSSR count). The van der Waals surface area contributed by atoms with Gasteiger partial charge in [0.25, 0.3) is 5.91 Å². The van der Waals surface area contributed by atoms with E-state index in [1.54, 1.807) is 18.2 Å². The molecule has 0 fully saturated rings. The molecular weight excluding hydrogens is 310 g/mol. The largest absolute Gasteiger partial charge is 0.496 e. The van der Waals surface area contributed by atoms with Crippen molar-refractivity contribution in [2.24, 2.45) is 0 Å². The number of carbonyl (C=O) groups is 1. The summed E-state index contributed by atoms with van der Waals surface area (Å²) >= 11 is 7.39. The Balaban J connectivity index is 1.91. The Bertz CT molecular complexity index is 601. The standard InChI is InChI=1S/C15H16ClNO3S/c1-20-13-5-4-10(16)9-11(13)15(19)17-7-6-12(18)14-3-2-8-21-14/h2-5,8-9,12,18H,6-7H2,1H3,(H,17,19). The van der Waals surface area contributed by atoms with Crippen LogP contribution in [0.2, 0.25) is 5.02 Å². The number of carbonyl (C=O) groups excluding carboxylic acids is 1. The van der Waals surface area contributed by atoms with Crippen LogP contribution in [0, 0.1) is 0 Å². The number of rotatable bonds is 6. The number of aliphatic hydroxyl groups is 1. The summed E-state index contributed by atoms with van der Waals surface area (Å²) in [6.07, 6.45) is -0.110.